The standard InChI is InChI=1S/C11H15NO2S/c1-9-6-7-10-4-2-3-5-11(10)15(13,14)12-8-9/h2-5,9,12H,6-8H2,1H3/t9-/m1/s1. The smallest absolute Gasteiger partial charge is 0.211 e. The van der Waals surface area contributed by atoms with Crippen molar-refractivity contribution in [2.45, 2.75) is 24.7 Å². The number of hydrogen-bond donors (Lipinski definition) is 1. The molecule has 1 heterocycles. The van der Waals surface area contributed by atoms with E-state index >= 15 is 0 Å². The average molecular weight is 225 g/mol. The van der Waals surface area contributed by atoms with E-state index in [4.69, 9.17) is 0 Å². The van der Waals surface area contributed by atoms with Crippen molar-refractivity contribution in [1.82, 2.24) is 4.72 Å². The lowest BCUT2D eigenvalue weighted by atomic mass is 10.0. The van der Waals surface area contributed by atoms with Gasteiger partial charge in [-0.2, -0.15) is 0 Å². The molecule has 1 aromatic carbocycles. The van der Waals surface area contributed by atoms with Gasteiger partial charge < -0.3 is 0 Å². The molecule has 1 atom stereocenters. The van der Waals surface area contributed by atoms with E-state index in [9.17, 15) is 8.42 Å². The van der Waals surface area contributed by atoms with Gasteiger partial charge in [0, 0.05) is 6.54 Å². The lowest BCUT2D eigenvalue weighted by Gasteiger charge is -2.19. The molecule has 3 nitrogen and oxygen atoms in total. The van der Waals surface area contributed by atoms with Crippen LogP contribution in [0.1, 0.15) is 18.9 Å². The molecule has 0 saturated carbocycles. The Balaban J connectivity index is 2.48. The van der Waals surface area contributed by atoms with Crippen LogP contribution in [-0.4, -0.2) is 15.0 Å². The van der Waals surface area contributed by atoms with Gasteiger partial charge in [-0.15, -0.1) is 0 Å². The summed E-state index contributed by atoms with van der Waals surface area (Å²) >= 11 is 0. The Kier molecular flexibility index (Phi) is 2.80. The van der Waals surface area contributed by atoms with Gasteiger partial charge in [-0.25, -0.2) is 13.1 Å². The summed E-state index contributed by atoms with van der Waals surface area (Å²) in [5.41, 5.74) is 0.927. The summed E-state index contributed by atoms with van der Waals surface area (Å²) in [5, 5.41) is 0. The molecule has 1 N–H and O–H groups in total. The molecule has 0 radical (unpaired) electrons. The Morgan fingerprint density at radius 1 is 1.33 bits per heavy atom. The molecule has 1 aliphatic rings. The van der Waals surface area contributed by atoms with E-state index in [1.807, 2.05) is 12.1 Å². The minimum Gasteiger partial charge on any atom is -0.211 e. The van der Waals surface area contributed by atoms with Crippen molar-refractivity contribution in [2.24, 2.45) is 5.92 Å². The fourth-order valence-electron chi connectivity index (χ4n) is 1.81. The van der Waals surface area contributed by atoms with Crippen molar-refractivity contribution in [2.75, 3.05) is 6.54 Å². The van der Waals surface area contributed by atoms with Gasteiger partial charge in [0.1, 0.15) is 0 Å². The quantitative estimate of drug-likeness (QED) is 0.728. The average Bonchev–Trinajstić information content (AvgIpc) is 2.23. The van der Waals surface area contributed by atoms with Gasteiger partial charge in [0.05, 0.1) is 4.90 Å². The third-order valence-corrected chi connectivity index (χ3v) is 4.31. The van der Waals surface area contributed by atoms with E-state index in [1.54, 1.807) is 12.1 Å². The maximum Gasteiger partial charge on any atom is 0.240 e. The van der Waals surface area contributed by atoms with Gasteiger partial charge >= 0.3 is 0 Å². The molecular weight excluding hydrogens is 210 g/mol. The molecule has 1 aromatic rings. The first kappa shape index (κ1) is 10.6. The monoisotopic (exact) mass is 225 g/mol. The molecule has 15 heavy (non-hydrogen) atoms. The first-order chi connectivity index (χ1) is 7.09. The molecule has 0 amide bonds. The van der Waals surface area contributed by atoms with E-state index in [-0.39, 0.29) is 0 Å². The predicted octanol–water partition coefficient (Wildman–Crippen LogP) is 1.55. The molecule has 2 rings (SSSR count). The molecule has 82 valence electrons. The Morgan fingerprint density at radius 2 is 2.07 bits per heavy atom. The Hall–Kier alpha value is -0.870. The van der Waals surface area contributed by atoms with Crippen molar-refractivity contribution >= 4 is 10.0 Å². The van der Waals surface area contributed by atoms with Crippen LogP contribution in [0.25, 0.3) is 0 Å². The number of fused-ring (bicyclic) bond motifs is 1. The van der Waals surface area contributed by atoms with Gasteiger partial charge in [-0.05, 0) is 30.4 Å². The highest BCUT2D eigenvalue weighted by molar-refractivity contribution is 7.89. The highest BCUT2D eigenvalue weighted by atomic mass is 32.2. The molecular formula is C11H15NO2S. The highest BCUT2D eigenvalue weighted by Gasteiger charge is 2.21. The molecule has 0 saturated heterocycles. The second-order valence-electron chi connectivity index (χ2n) is 4.10. The first-order valence-corrected chi connectivity index (χ1v) is 6.65. The summed E-state index contributed by atoms with van der Waals surface area (Å²) in [6.45, 7) is 2.60. The van der Waals surface area contributed by atoms with Gasteiger partial charge in [0.15, 0.2) is 0 Å². The molecule has 0 spiro atoms. The van der Waals surface area contributed by atoms with Crippen LogP contribution in [0, 0.1) is 5.92 Å². The highest BCUT2D eigenvalue weighted by Crippen LogP contribution is 2.21. The fraction of sp³-hybridized carbons (Fsp3) is 0.455. The van der Waals surface area contributed by atoms with Crippen LogP contribution >= 0.6 is 0 Å². The largest absolute Gasteiger partial charge is 0.240 e. The third kappa shape index (κ3) is 2.21. The second kappa shape index (κ2) is 3.94. The van der Waals surface area contributed by atoms with E-state index in [1.165, 1.54) is 0 Å². The normalized spacial score (nSPS) is 25.0. The van der Waals surface area contributed by atoms with Crippen LogP contribution in [0.2, 0.25) is 0 Å². The number of sulfonamides is 1. The zero-order valence-electron chi connectivity index (χ0n) is 8.73. The van der Waals surface area contributed by atoms with Crippen molar-refractivity contribution in [1.29, 1.82) is 0 Å². The Morgan fingerprint density at radius 3 is 2.87 bits per heavy atom. The maximum atomic E-state index is 11.9. The van der Waals surface area contributed by atoms with Gasteiger partial charge in [-0.1, -0.05) is 25.1 Å². The number of hydrogen-bond acceptors (Lipinski definition) is 2. The topological polar surface area (TPSA) is 46.2 Å². The second-order valence-corrected chi connectivity index (χ2v) is 5.84. The molecule has 0 aromatic heterocycles. The summed E-state index contributed by atoms with van der Waals surface area (Å²) < 4.78 is 26.4. The van der Waals surface area contributed by atoms with Gasteiger partial charge in [-0.3, -0.25) is 0 Å². The number of rotatable bonds is 0. The summed E-state index contributed by atoms with van der Waals surface area (Å²) in [4.78, 5) is 0.442. The van der Waals surface area contributed by atoms with Crippen LogP contribution in [0.5, 0.6) is 0 Å². The summed E-state index contributed by atoms with van der Waals surface area (Å²) in [5.74, 6) is 0.396. The SMILES string of the molecule is C[C@@H]1CCc2ccccc2S(=O)(=O)NC1. The summed E-state index contributed by atoms with van der Waals surface area (Å²) in [6, 6.07) is 7.23. The maximum absolute atomic E-state index is 11.9. The Bertz CT molecular complexity index is 453. The molecule has 0 bridgehead atoms. The first-order valence-electron chi connectivity index (χ1n) is 5.17. The predicted molar refractivity (Wildman–Crippen MR) is 59.1 cm³/mol. The van der Waals surface area contributed by atoms with E-state index in [2.05, 4.69) is 11.6 Å². The van der Waals surface area contributed by atoms with Crippen molar-refractivity contribution in [3.63, 3.8) is 0 Å². The molecule has 0 fully saturated rings. The van der Waals surface area contributed by atoms with Crippen LogP contribution in [0.3, 0.4) is 0 Å². The van der Waals surface area contributed by atoms with E-state index < -0.39 is 10.0 Å². The minimum atomic E-state index is -3.28. The van der Waals surface area contributed by atoms with Crippen molar-refractivity contribution < 1.29 is 8.42 Å². The van der Waals surface area contributed by atoms with Crippen LogP contribution in [0.4, 0.5) is 0 Å². The van der Waals surface area contributed by atoms with Crippen LogP contribution in [-0.2, 0) is 16.4 Å². The van der Waals surface area contributed by atoms with E-state index in [0.717, 1.165) is 18.4 Å². The van der Waals surface area contributed by atoms with Gasteiger partial charge in [0.25, 0.3) is 0 Å². The Labute approximate surface area is 90.6 Å². The molecule has 0 unspecified atom stereocenters. The lowest BCUT2D eigenvalue weighted by Crippen LogP contribution is -2.31. The third-order valence-electron chi connectivity index (χ3n) is 2.79. The molecule has 4 heteroatoms. The van der Waals surface area contributed by atoms with Crippen molar-refractivity contribution in [3.8, 4) is 0 Å². The number of aryl methyl sites for hydroxylation is 1. The van der Waals surface area contributed by atoms with Crippen LogP contribution < -0.4 is 4.72 Å². The fourth-order valence-corrected chi connectivity index (χ4v) is 3.24. The minimum absolute atomic E-state index is 0.396. The van der Waals surface area contributed by atoms with E-state index in [0.29, 0.717) is 17.4 Å². The van der Waals surface area contributed by atoms with Gasteiger partial charge in [0.2, 0.25) is 10.0 Å². The molecule has 1 aliphatic heterocycles. The summed E-state index contributed by atoms with van der Waals surface area (Å²) in [7, 11) is -3.28. The lowest BCUT2D eigenvalue weighted by molar-refractivity contribution is 0.498. The summed E-state index contributed by atoms with van der Waals surface area (Å²) in [6.07, 6.45) is 1.87. The van der Waals surface area contributed by atoms with Crippen LogP contribution in [0.15, 0.2) is 29.2 Å². The van der Waals surface area contributed by atoms with Crippen molar-refractivity contribution in [3.05, 3.63) is 29.8 Å². The number of benzene rings is 1. The zero-order chi connectivity index (χ0) is 10.9. The number of nitrogens with one attached hydrogen (secondary N) is 1. The zero-order valence-corrected chi connectivity index (χ0v) is 9.55. The molecule has 0 aliphatic carbocycles.